The number of rotatable bonds is 6. The molecular formula is C13H17F2N5OS. The fraction of sp³-hybridized carbons (Fsp3) is 0.462. The highest BCUT2D eigenvalue weighted by atomic mass is 32.1. The largest absolute Gasteiger partial charge is 0.338 e. The topological polar surface area (TPSA) is 71.8 Å². The Morgan fingerprint density at radius 2 is 2.27 bits per heavy atom. The van der Waals surface area contributed by atoms with Crippen molar-refractivity contribution >= 4 is 17.4 Å². The molecule has 0 aliphatic rings. The molecule has 0 aliphatic heterocycles. The average molecular weight is 329 g/mol. The van der Waals surface area contributed by atoms with Gasteiger partial charge in [-0.2, -0.15) is 8.78 Å². The van der Waals surface area contributed by atoms with Gasteiger partial charge < -0.3 is 10.6 Å². The minimum Gasteiger partial charge on any atom is -0.338 e. The number of aromatic nitrogens is 3. The molecule has 2 N–H and O–H groups in total. The van der Waals surface area contributed by atoms with Gasteiger partial charge in [0.1, 0.15) is 5.82 Å². The summed E-state index contributed by atoms with van der Waals surface area (Å²) in [6, 6.07) is -0.582. The molecule has 2 aromatic rings. The Morgan fingerprint density at radius 1 is 1.50 bits per heavy atom. The fourth-order valence-corrected chi connectivity index (χ4v) is 2.61. The van der Waals surface area contributed by atoms with Crippen molar-refractivity contribution < 1.29 is 13.6 Å². The maximum Gasteiger partial charge on any atom is 0.319 e. The third-order valence-electron chi connectivity index (χ3n) is 3.02. The van der Waals surface area contributed by atoms with Crippen LogP contribution < -0.4 is 10.6 Å². The Bertz CT molecular complexity index is 627. The van der Waals surface area contributed by atoms with Crippen LogP contribution in [0.1, 0.15) is 36.0 Å². The van der Waals surface area contributed by atoms with Gasteiger partial charge in [-0.15, -0.1) is 11.3 Å². The summed E-state index contributed by atoms with van der Waals surface area (Å²) in [7, 11) is 0. The van der Waals surface area contributed by atoms with Gasteiger partial charge in [-0.3, -0.25) is 4.57 Å². The highest BCUT2D eigenvalue weighted by molar-refractivity contribution is 7.09. The summed E-state index contributed by atoms with van der Waals surface area (Å²) in [5, 5.41) is 8.19. The number of nitrogens with one attached hydrogen (secondary N) is 2. The molecule has 0 saturated carbocycles. The van der Waals surface area contributed by atoms with E-state index in [9.17, 15) is 13.6 Å². The number of hydrogen-bond donors (Lipinski definition) is 2. The monoisotopic (exact) mass is 329 g/mol. The van der Waals surface area contributed by atoms with Gasteiger partial charge in [0.2, 0.25) is 0 Å². The van der Waals surface area contributed by atoms with Crippen molar-refractivity contribution in [3.8, 4) is 0 Å². The molecule has 2 aromatic heterocycles. The van der Waals surface area contributed by atoms with E-state index in [2.05, 4.69) is 20.6 Å². The molecule has 0 bridgehead atoms. The van der Waals surface area contributed by atoms with E-state index in [1.165, 1.54) is 23.7 Å². The number of imidazole rings is 1. The van der Waals surface area contributed by atoms with Crippen molar-refractivity contribution in [2.75, 3.05) is 6.54 Å². The first-order valence-electron chi connectivity index (χ1n) is 6.73. The molecule has 2 amide bonds. The molecule has 9 heteroatoms. The Balaban J connectivity index is 1.77. The smallest absolute Gasteiger partial charge is 0.319 e. The second-order valence-corrected chi connectivity index (χ2v) is 5.75. The number of carbonyl (C=O) groups excluding carboxylic acids is 1. The molecule has 0 aliphatic carbocycles. The van der Waals surface area contributed by atoms with Gasteiger partial charge in [0.25, 0.3) is 0 Å². The number of alkyl halides is 2. The van der Waals surface area contributed by atoms with Crippen LogP contribution in [0.15, 0.2) is 17.8 Å². The SMILES string of the molecule is Cc1nc(C(C)NC(=O)NCCc2nccn2C(F)F)cs1. The number of amides is 2. The lowest BCUT2D eigenvalue weighted by atomic mass is 10.3. The molecular weight excluding hydrogens is 312 g/mol. The van der Waals surface area contributed by atoms with Crippen molar-refractivity contribution in [1.82, 2.24) is 25.2 Å². The van der Waals surface area contributed by atoms with Crippen LogP contribution in [-0.4, -0.2) is 27.1 Å². The molecule has 0 radical (unpaired) electrons. The predicted molar refractivity (Wildman–Crippen MR) is 79.0 cm³/mol. The van der Waals surface area contributed by atoms with E-state index in [4.69, 9.17) is 0 Å². The third-order valence-corrected chi connectivity index (χ3v) is 3.81. The molecule has 22 heavy (non-hydrogen) atoms. The number of thiazole rings is 1. The maximum absolute atomic E-state index is 12.6. The van der Waals surface area contributed by atoms with Crippen molar-refractivity contribution in [3.05, 3.63) is 34.3 Å². The predicted octanol–water partition coefficient (Wildman–Crippen LogP) is 2.65. The number of urea groups is 1. The van der Waals surface area contributed by atoms with Gasteiger partial charge >= 0.3 is 12.6 Å². The second kappa shape index (κ2) is 7.30. The number of carbonyl (C=O) groups is 1. The van der Waals surface area contributed by atoms with Crippen LogP contribution in [0.25, 0.3) is 0 Å². The summed E-state index contributed by atoms with van der Waals surface area (Å²) in [6.45, 7) is 1.32. The molecule has 1 atom stereocenters. The Kier molecular flexibility index (Phi) is 5.42. The summed E-state index contributed by atoms with van der Waals surface area (Å²) in [5.74, 6) is 0.235. The molecule has 1 unspecified atom stereocenters. The van der Waals surface area contributed by atoms with E-state index in [1.54, 1.807) is 0 Å². The molecule has 0 aromatic carbocycles. The zero-order valence-corrected chi connectivity index (χ0v) is 13.0. The number of aryl methyl sites for hydroxylation is 1. The van der Waals surface area contributed by atoms with Crippen LogP contribution >= 0.6 is 11.3 Å². The maximum atomic E-state index is 12.6. The van der Waals surface area contributed by atoms with Crippen molar-refractivity contribution in [1.29, 1.82) is 0 Å². The zero-order chi connectivity index (χ0) is 16.1. The van der Waals surface area contributed by atoms with Crippen molar-refractivity contribution in [2.45, 2.75) is 32.9 Å². The summed E-state index contributed by atoms with van der Waals surface area (Å²) in [6.07, 6.45) is 2.76. The molecule has 0 fully saturated rings. The molecule has 120 valence electrons. The summed E-state index contributed by atoms with van der Waals surface area (Å²) in [4.78, 5) is 19.9. The van der Waals surface area contributed by atoms with E-state index in [1.807, 2.05) is 19.2 Å². The van der Waals surface area contributed by atoms with Gasteiger partial charge in [0.15, 0.2) is 0 Å². The summed E-state index contributed by atoms with van der Waals surface area (Å²) >= 11 is 1.52. The summed E-state index contributed by atoms with van der Waals surface area (Å²) < 4.78 is 26.0. The lowest BCUT2D eigenvalue weighted by Gasteiger charge is -2.13. The lowest BCUT2D eigenvalue weighted by Crippen LogP contribution is -2.38. The Labute approximate surface area is 130 Å². The molecule has 2 rings (SSSR count). The highest BCUT2D eigenvalue weighted by Crippen LogP contribution is 2.15. The van der Waals surface area contributed by atoms with E-state index < -0.39 is 6.55 Å². The Hall–Kier alpha value is -2.03. The minimum atomic E-state index is -2.63. The standard InChI is InChI=1S/C13H17F2N5OS/c1-8(10-7-22-9(2)19-10)18-13(21)17-4-3-11-16-5-6-20(11)12(14)15/h5-8,12H,3-4H2,1-2H3,(H2,17,18,21). The summed E-state index contributed by atoms with van der Waals surface area (Å²) in [5.41, 5.74) is 0.797. The van der Waals surface area contributed by atoms with E-state index >= 15 is 0 Å². The molecule has 0 spiro atoms. The van der Waals surface area contributed by atoms with Crippen LogP contribution in [-0.2, 0) is 6.42 Å². The van der Waals surface area contributed by atoms with Gasteiger partial charge in [-0.1, -0.05) is 0 Å². The quantitative estimate of drug-likeness (QED) is 0.856. The number of halogens is 2. The van der Waals surface area contributed by atoms with Gasteiger partial charge in [0, 0.05) is 30.7 Å². The van der Waals surface area contributed by atoms with E-state index in [0.29, 0.717) is 0 Å². The Morgan fingerprint density at radius 3 is 2.91 bits per heavy atom. The van der Waals surface area contributed by atoms with Crippen LogP contribution in [0.5, 0.6) is 0 Å². The molecule has 2 heterocycles. The van der Waals surface area contributed by atoms with Crippen LogP contribution in [0.3, 0.4) is 0 Å². The van der Waals surface area contributed by atoms with Crippen molar-refractivity contribution in [2.24, 2.45) is 0 Å². The van der Waals surface area contributed by atoms with Gasteiger partial charge in [-0.05, 0) is 13.8 Å². The minimum absolute atomic E-state index is 0.215. The lowest BCUT2D eigenvalue weighted by molar-refractivity contribution is 0.0670. The van der Waals surface area contributed by atoms with Gasteiger partial charge in [-0.25, -0.2) is 14.8 Å². The van der Waals surface area contributed by atoms with Crippen LogP contribution in [0, 0.1) is 6.92 Å². The van der Waals surface area contributed by atoms with Crippen LogP contribution in [0.4, 0.5) is 13.6 Å². The number of nitrogens with zero attached hydrogens (tertiary/aromatic N) is 3. The van der Waals surface area contributed by atoms with Gasteiger partial charge in [0.05, 0.1) is 16.7 Å². The highest BCUT2D eigenvalue weighted by Gasteiger charge is 2.13. The molecule has 6 nitrogen and oxygen atoms in total. The number of hydrogen-bond acceptors (Lipinski definition) is 4. The first-order chi connectivity index (χ1) is 10.5. The molecule has 0 saturated heterocycles. The van der Waals surface area contributed by atoms with E-state index in [0.717, 1.165) is 15.3 Å². The first kappa shape index (κ1) is 16.3. The third kappa shape index (κ3) is 4.23. The van der Waals surface area contributed by atoms with Crippen molar-refractivity contribution in [3.63, 3.8) is 0 Å². The zero-order valence-electron chi connectivity index (χ0n) is 12.2. The van der Waals surface area contributed by atoms with Crippen LogP contribution in [0.2, 0.25) is 0 Å². The fourth-order valence-electron chi connectivity index (χ4n) is 1.90. The average Bonchev–Trinajstić information content (AvgIpc) is 3.07. The van der Waals surface area contributed by atoms with E-state index in [-0.39, 0.29) is 30.9 Å². The first-order valence-corrected chi connectivity index (χ1v) is 7.61. The normalized spacial score (nSPS) is 12.4. The second-order valence-electron chi connectivity index (χ2n) is 4.69.